The van der Waals surface area contributed by atoms with Gasteiger partial charge < -0.3 is 0 Å². The molecule has 0 nitrogen and oxygen atoms in total. The Morgan fingerprint density at radius 2 is 1.29 bits per heavy atom. The Balaban J connectivity index is 2.78. The minimum atomic E-state index is -2.15. The van der Waals surface area contributed by atoms with Gasteiger partial charge in [0.2, 0.25) is 5.82 Å². The van der Waals surface area contributed by atoms with Crippen LogP contribution in [0.3, 0.4) is 0 Å². The summed E-state index contributed by atoms with van der Waals surface area (Å²) >= 11 is 4.12. The van der Waals surface area contributed by atoms with Crippen molar-refractivity contribution in [3.05, 3.63) is 44.3 Å². The Labute approximate surface area is 105 Å². The SMILES string of the molecule is Fc1c(F)c(F)c(-c2csc(Br)c2)c(F)c1F. The highest BCUT2D eigenvalue weighted by Crippen LogP contribution is 2.35. The fourth-order valence-electron chi connectivity index (χ4n) is 1.30. The predicted octanol–water partition coefficient (Wildman–Crippen LogP) is 4.87. The summed E-state index contributed by atoms with van der Waals surface area (Å²) in [7, 11) is 0. The monoisotopic (exact) mass is 328 g/mol. The fourth-order valence-corrected chi connectivity index (χ4v) is 2.45. The van der Waals surface area contributed by atoms with E-state index < -0.39 is 34.6 Å². The molecule has 0 fully saturated rings. The third-order valence-electron chi connectivity index (χ3n) is 2.07. The number of rotatable bonds is 1. The molecule has 1 heterocycles. The van der Waals surface area contributed by atoms with Crippen molar-refractivity contribution in [1.82, 2.24) is 0 Å². The molecule has 0 aliphatic carbocycles. The van der Waals surface area contributed by atoms with Crippen molar-refractivity contribution in [3.63, 3.8) is 0 Å². The highest BCUT2D eigenvalue weighted by atomic mass is 79.9. The standard InChI is InChI=1S/C10H2BrF5S/c11-4-1-3(2-17-4)5-6(12)8(14)10(16)9(15)7(5)13/h1-2H. The van der Waals surface area contributed by atoms with E-state index in [2.05, 4.69) is 15.9 Å². The number of benzene rings is 1. The molecule has 7 heteroatoms. The normalized spacial score (nSPS) is 10.9. The number of thiophene rings is 1. The van der Waals surface area contributed by atoms with Gasteiger partial charge in [0.25, 0.3) is 0 Å². The zero-order chi connectivity index (χ0) is 12.7. The predicted molar refractivity (Wildman–Crippen MR) is 57.2 cm³/mol. The van der Waals surface area contributed by atoms with E-state index in [0.717, 1.165) is 11.3 Å². The Bertz CT molecular complexity index is 564. The average molecular weight is 329 g/mol. The highest BCUT2D eigenvalue weighted by Gasteiger charge is 2.26. The first kappa shape index (κ1) is 12.5. The molecule has 17 heavy (non-hydrogen) atoms. The van der Waals surface area contributed by atoms with Crippen LogP contribution >= 0.6 is 27.3 Å². The van der Waals surface area contributed by atoms with Gasteiger partial charge in [-0.15, -0.1) is 11.3 Å². The molecule has 0 bridgehead atoms. The van der Waals surface area contributed by atoms with Gasteiger partial charge in [-0.2, -0.15) is 0 Å². The summed E-state index contributed by atoms with van der Waals surface area (Å²) in [6.07, 6.45) is 0. The molecule has 0 atom stereocenters. The topological polar surface area (TPSA) is 0 Å². The lowest BCUT2D eigenvalue weighted by molar-refractivity contribution is 0.381. The van der Waals surface area contributed by atoms with E-state index in [4.69, 9.17) is 0 Å². The van der Waals surface area contributed by atoms with Crippen molar-refractivity contribution in [3.8, 4) is 11.1 Å². The summed E-state index contributed by atoms with van der Waals surface area (Å²) in [6, 6.07) is 1.28. The quantitative estimate of drug-likeness (QED) is 0.398. The molecule has 1 aromatic heterocycles. The molecule has 0 spiro atoms. The van der Waals surface area contributed by atoms with Crippen LogP contribution in [0.25, 0.3) is 11.1 Å². The second-order valence-corrected chi connectivity index (χ2v) is 5.37. The minimum Gasteiger partial charge on any atom is -0.203 e. The summed E-state index contributed by atoms with van der Waals surface area (Å²) < 4.78 is 65.9. The molecule has 0 amide bonds. The molecule has 0 N–H and O–H groups in total. The van der Waals surface area contributed by atoms with Gasteiger partial charge in [0.15, 0.2) is 23.3 Å². The van der Waals surface area contributed by atoms with Gasteiger partial charge in [-0.25, -0.2) is 22.0 Å². The van der Waals surface area contributed by atoms with Crippen LogP contribution in [0, 0.1) is 29.1 Å². The number of halogens is 6. The first-order valence-electron chi connectivity index (χ1n) is 4.19. The van der Waals surface area contributed by atoms with Crippen LogP contribution in [0.4, 0.5) is 22.0 Å². The van der Waals surface area contributed by atoms with Crippen LogP contribution in [0.1, 0.15) is 0 Å². The Morgan fingerprint density at radius 3 is 1.71 bits per heavy atom. The average Bonchev–Trinajstić information content (AvgIpc) is 2.71. The van der Waals surface area contributed by atoms with Crippen molar-refractivity contribution in [2.45, 2.75) is 0 Å². The zero-order valence-electron chi connectivity index (χ0n) is 7.83. The first-order chi connectivity index (χ1) is 7.93. The largest absolute Gasteiger partial charge is 0.203 e. The van der Waals surface area contributed by atoms with Gasteiger partial charge in [0.05, 0.1) is 9.35 Å². The van der Waals surface area contributed by atoms with Crippen molar-refractivity contribution in [2.75, 3.05) is 0 Å². The van der Waals surface area contributed by atoms with E-state index in [1.54, 1.807) is 0 Å². The Kier molecular flexibility index (Phi) is 3.22. The van der Waals surface area contributed by atoms with E-state index in [-0.39, 0.29) is 5.56 Å². The van der Waals surface area contributed by atoms with E-state index in [0.29, 0.717) is 3.79 Å². The molecule has 0 unspecified atom stereocenters. The second kappa shape index (κ2) is 4.38. The lowest BCUT2D eigenvalue weighted by Crippen LogP contribution is -2.03. The third-order valence-corrected chi connectivity index (χ3v) is 3.57. The summed E-state index contributed by atoms with van der Waals surface area (Å²) in [5.41, 5.74) is -0.974. The van der Waals surface area contributed by atoms with Gasteiger partial charge in [-0.1, -0.05) is 0 Å². The summed E-state index contributed by atoms with van der Waals surface area (Å²) in [6.45, 7) is 0. The fraction of sp³-hybridized carbons (Fsp3) is 0. The molecule has 2 rings (SSSR count). The molecule has 1 aromatic carbocycles. The maximum absolute atomic E-state index is 13.4. The second-order valence-electron chi connectivity index (χ2n) is 3.08. The van der Waals surface area contributed by atoms with Crippen LogP contribution in [0.15, 0.2) is 15.2 Å². The lowest BCUT2D eigenvalue weighted by atomic mass is 10.1. The van der Waals surface area contributed by atoms with Crippen LogP contribution in [0.2, 0.25) is 0 Å². The Hall–Kier alpha value is -0.950. The van der Waals surface area contributed by atoms with Gasteiger partial charge >= 0.3 is 0 Å². The summed E-state index contributed by atoms with van der Waals surface area (Å²) in [4.78, 5) is 0. The molecule has 0 aliphatic rings. The smallest absolute Gasteiger partial charge is 0.200 e. The molecule has 0 aliphatic heterocycles. The van der Waals surface area contributed by atoms with Crippen molar-refractivity contribution in [2.24, 2.45) is 0 Å². The van der Waals surface area contributed by atoms with Crippen molar-refractivity contribution in [1.29, 1.82) is 0 Å². The van der Waals surface area contributed by atoms with Crippen LogP contribution in [0.5, 0.6) is 0 Å². The molecular formula is C10H2BrF5S. The van der Waals surface area contributed by atoms with Crippen LogP contribution in [-0.2, 0) is 0 Å². The van der Waals surface area contributed by atoms with E-state index in [1.807, 2.05) is 0 Å². The van der Waals surface area contributed by atoms with E-state index >= 15 is 0 Å². The molecule has 90 valence electrons. The molecule has 2 aromatic rings. The van der Waals surface area contributed by atoms with Gasteiger partial charge in [0.1, 0.15) is 0 Å². The maximum Gasteiger partial charge on any atom is 0.200 e. The molecule has 0 radical (unpaired) electrons. The summed E-state index contributed by atoms with van der Waals surface area (Å²) in [5.74, 6) is -9.70. The van der Waals surface area contributed by atoms with Gasteiger partial charge in [-0.05, 0) is 32.9 Å². The van der Waals surface area contributed by atoms with Gasteiger partial charge in [0, 0.05) is 0 Å². The van der Waals surface area contributed by atoms with E-state index in [9.17, 15) is 22.0 Å². The van der Waals surface area contributed by atoms with Crippen molar-refractivity contribution >= 4 is 27.3 Å². The van der Waals surface area contributed by atoms with Crippen molar-refractivity contribution < 1.29 is 22.0 Å². The third kappa shape index (κ3) is 1.97. The van der Waals surface area contributed by atoms with Crippen LogP contribution < -0.4 is 0 Å². The molecule has 0 saturated carbocycles. The number of hydrogen-bond donors (Lipinski definition) is 0. The maximum atomic E-state index is 13.4. The first-order valence-corrected chi connectivity index (χ1v) is 5.86. The lowest BCUT2D eigenvalue weighted by Gasteiger charge is -2.06. The number of hydrogen-bond acceptors (Lipinski definition) is 1. The molecular weight excluding hydrogens is 327 g/mol. The van der Waals surface area contributed by atoms with E-state index in [1.165, 1.54) is 11.4 Å². The zero-order valence-corrected chi connectivity index (χ0v) is 10.2. The van der Waals surface area contributed by atoms with Gasteiger partial charge in [-0.3, -0.25) is 0 Å². The highest BCUT2D eigenvalue weighted by molar-refractivity contribution is 9.11. The van der Waals surface area contributed by atoms with Crippen LogP contribution in [-0.4, -0.2) is 0 Å². The minimum absolute atomic E-state index is 0.0605. The summed E-state index contributed by atoms with van der Waals surface area (Å²) in [5, 5.41) is 1.29. The Morgan fingerprint density at radius 1 is 0.824 bits per heavy atom. The molecule has 0 saturated heterocycles.